The van der Waals surface area contributed by atoms with Crippen molar-refractivity contribution in [2.75, 3.05) is 18.2 Å². The van der Waals surface area contributed by atoms with Gasteiger partial charge in [0, 0.05) is 11.3 Å². The van der Waals surface area contributed by atoms with Gasteiger partial charge in [0.2, 0.25) is 5.91 Å². The predicted octanol–water partition coefficient (Wildman–Crippen LogP) is 6.65. The van der Waals surface area contributed by atoms with Gasteiger partial charge in [0.25, 0.3) is 0 Å². The summed E-state index contributed by atoms with van der Waals surface area (Å²) in [6.07, 6.45) is -4.55. The fourth-order valence-corrected chi connectivity index (χ4v) is 4.25. The molecular weight excluding hydrogens is 513 g/mol. The molecule has 0 atom stereocenters. The van der Waals surface area contributed by atoms with Crippen LogP contribution in [0.5, 0.6) is 5.75 Å². The first kappa shape index (κ1) is 25.6. The molecule has 6 nitrogen and oxygen atoms in total. The van der Waals surface area contributed by atoms with E-state index in [1.165, 1.54) is 0 Å². The van der Waals surface area contributed by atoms with E-state index in [1.54, 1.807) is 7.11 Å². The second-order valence-corrected chi connectivity index (χ2v) is 9.08. The van der Waals surface area contributed by atoms with Crippen molar-refractivity contribution in [1.29, 1.82) is 0 Å². The van der Waals surface area contributed by atoms with Crippen molar-refractivity contribution in [3.8, 4) is 22.8 Å². The van der Waals surface area contributed by atoms with Crippen LogP contribution >= 0.6 is 23.4 Å². The number of carbonyl (C=O) groups excluding carboxylic acids is 1. The lowest BCUT2D eigenvalue weighted by atomic mass is 10.2. The molecule has 1 N–H and O–H groups in total. The van der Waals surface area contributed by atoms with Crippen LogP contribution in [0.15, 0.2) is 71.9 Å². The summed E-state index contributed by atoms with van der Waals surface area (Å²) >= 11 is 7.09. The summed E-state index contributed by atoms with van der Waals surface area (Å²) in [5.41, 5.74) is 1.63. The fraction of sp³-hybridized carbons (Fsp3) is 0.160. The molecule has 36 heavy (non-hydrogen) atoms. The molecule has 1 amide bonds. The summed E-state index contributed by atoms with van der Waals surface area (Å²) in [7, 11) is 1.58. The Morgan fingerprint density at radius 3 is 2.39 bits per heavy atom. The van der Waals surface area contributed by atoms with Crippen molar-refractivity contribution in [1.82, 2.24) is 14.8 Å². The highest BCUT2D eigenvalue weighted by molar-refractivity contribution is 7.99. The standard InChI is InChI=1S/C25H20ClF3N4O2S/c1-15-3-8-18(9-4-15)33-23(16-5-10-19(35-2)11-6-16)31-32-24(33)36-14-22(34)30-21-13-17(25(27,28)29)7-12-20(21)26/h3-13H,14H2,1-2H3,(H,30,34). The predicted molar refractivity (Wildman–Crippen MR) is 134 cm³/mol. The minimum absolute atomic E-state index is 0.00552. The summed E-state index contributed by atoms with van der Waals surface area (Å²) in [5, 5.41) is 11.5. The number of hydrogen-bond donors (Lipinski definition) is 1. The number of carbonyl (C=O) groups is 1. The van der Waals surface area contributed by atoms with Crippen LogP contribution < -0.4 is 10.1 Å². The highest BCUT2D eigenvalue weighted by Gasteiger charge is 2.31. The summed E-state index contributed by atoms with van der Waals surface area (Å²) in [4.78, 5) is 12.6. The van der Waals surface area contributed by atoms with Crippen LogP contribution in [0.2, 0.25) is 5.02 Å². The number of halogens is 4. The Morgan fingerprint density at radius 1 is 1.06 bits per heavy atom. The maximum Gasteiger partial charge on any atom is 0.416 e. The number of alkyl halides is 3. The summed E-state index contributed by atoms with van der Waals surface area (Å²) in [6, 6.07) is 17.8. The molecule has 0 unspecified atom stereocenters. The topological polar surface area (TPSA) is 69.0 Å². The van der Waals surface area contributed by atoms with Gasteiger partial charge in [-0.05, 0) is 61.5 Å². The molecule has 0 aliphatic heterocycles. The quantitative estimate of drug-likeness (QED) is 0.270. The van der Waals surface area contributed by atoms with Crippen LogP contribution in [0.3, 0.4) is 0 Å². The molecule has 4 rings (SSSR count). The molecule has 0 aliphatic carbocycles. The third-order valence-corrected chi connectivity index (χ3v) is 6.43. The van der Waals surface area contributed by atoms with Gasteiger partial charge in [-0.1, -0.05) is 41.1 Å². The minimum atomic E-state index is -4.55. The number of anilines is 1. The van der Waals surface area contributed by atoms with E-state index in [1.807, 2.05) is 60.0 Å². The monoisotopic (exact) mass is 532 g/mol. The van der Waals surface area contributed by atoms with Crippen molar-refractivity contribution in [3.05, 3.63) is 82.9 Å². The van der Waals surface area contributed by atoms with Crippen LogP contribution in [0.25, 0.3) is 17.1 Å². The molecule has 11 heteroatoms. The summed E-state index contributed by atoms with van der Waals surface area (Å²) in [6.45, 7) is 1.97. The van der Waals surface area contributed by atoms with Gasteiger partial charge < -0.3 is 10.1 Å². The SMILES string of the molecule is COc1ccc(-c2nnc(SCC(=O)Nc3cc(C(F)(F)F)ccc3Cl)n2-c2ccc(C)cc2)cc1. The molecule has 1 heterocycles. The Labute approximate surface area is 214 Å². The van der Waals surface area contributed by atoms with E-state index in [0.29, 0.717) is 16.7 Å². The molecule has 1 aromatic heterocycles. The van der Waals surface area contributed by atoms with Crippen molar-refractivity contribution >= 4 is 35.0 Å². The van der Waals surface area contributed by atoms with Crippen LogP contribution in [0.1, 0.15) is 11.1 Å². The number of thioether (sulfide) groups is 1. The van der Waals surface area contributed by atoms with Crippen LogP contribution in [0, 0.1) is 6.92 Å². The lowest BCUT2D eigenvalue weighted by molar-refractivity contribution is -0.137. The van der Waals surface area contributed by atoms with Gasteiger partial charge in [0.15, 0.2) is 11.0 Å². The van der Waals surface area contributed by atoms with Gasteiger partial charge in [-0.2, -0.15) is 13.2 Å². The van der Waals surface area contributed by atoms with E-state index in [2.05, 4.69) is 15.5 Å². The van der Waals surface area contributed by atoms with Gasteiger partial charge in [-0.15, -0.1) is 10.2 Å². The average Bonchev–Trinajstić information content (AvgIpc) is 3.28. The Morgan fingerprint density at radius 2 is 1.75 bits per heavy atom. The summed E-state index contributed by atoms with van der Waals surface area (Å²) < 4.78 is 46.1. The van der Waals surface area contributed by atoms with E-state index in [0.717, 1.165) is 46.8 Å². The Kier molecular flexibility index (Phi) is 7.56. The highest BCUT2D eigenvalue weighted by Crippen LogP contribution is 2.34. The fourth-order valence-electron chi connectivity index (χ4n) is 3.33. The van der Waals surface area contributed by atoms with E-state index >= 15 is 0 Å². The number of benzene rings is 3. The Balaban J connectivity index is 1.58. The zero-order valence-electron chi connectivity index (χ0n) is 19.1. The second kappa shape index (κ2) is 10.6. The number of aromatic nitrogens is 3. The first-order chi connectivity index (χ1) is 17.2. The molecule has 0 aliphatic rings. The number of methoxy groups -OCH3 is 1. The Hall–Kier alpha value is -3.50. The molecule has 0 bridgehead atoms. The largest absolute Gasteiger partial charge is 0.497 e. The molecular formula is C25H20ClF3N4O2S. The minimum Gasteiger partial charge on any atom is -0.497 e. The second-order valence-electron chi connectivity index (χ2n) is 7.73. The number of aryl methyl sites for hydroxylation is 1. The average molecular weight is 533 g/mol. The van der Waals surface area contributed by atoms with E-state index < -0.39 is 17.6 Å². The maximum atomic E-state index is 13.0. The number of hydrogen-bond acceptors (Lipinski definition) is 5. The van der Waals surface area contributed by atoms with Crippen LogP contribution in [0.4, 0.5) is 18.9 Å². The molecule has 0 radical (unpaired) electrons. The third kappa shape index (κ3) is 5.83. The number of amides is 1. The Bertz CT molecular complexity index is 1370. The number of ether oxygens (including phenoxy) is 1. The number of rotatable bonds is 7. The zero-order valence-corrected chi connectivity index (χ0v) is 20.7. The van der Waals surface area contributed by atoms with Crippen molar-refractivity contribution in [2.45, 2.75) is 18.3 Å². The number of nitrogens with one attached hydrogen (secondary N) is 1. The first-order valence-electron chi connectivity index (χ1n) is 10.6. The maximum absolute atomic E-state index is 13.0. The lowest BCUT2D eigenvalue weighted by Crippen LogP contribution is -2.16. The molecule has 4 aromatic rings. The van der Waals surface area contributed by atoms with Crippen LogP contribution in [-0.4, -0.2) is 33.5 Å². The van der Waals surface area contributed by atoms with Crippen molar-refractivity contribution in [2.24, 2.45) is 0 Å². The van der Waals surface area contributed by atoms with Gasteiger partial charge in [-0.25, -0.2) is 0 Å². The smallest absolute Gasteiger partial charge is 0.416 e. The normalized spacial score (nSPS) is 11.4. The van der Waals surface area contributed by atoms with Gasteiger partial charge in [0.1, 0.15) is 5.75 Å². The van der Waals surface area contributed by atoms with E-state index in [9.17, 15) is 18.0 Å². The van der Waals surface area contributed by atoms with Gasteiger partial charge in [0.05, 0.1) is 29.1 Å². The van der Waals surface area contributed by atoms with E-state index in [4.69, 9.17) is 16.3 Å². The molecule has 0 saturated carbocycles. The van der Waals surface area contributed by atoms with E-state index in [-0.39, 0.29) is 16.5 Å². The zero-order chi connectivity index (χ0) is 25.9. The van der Waals surface area contributed by atoms with Crippen molar-refractivity contribution in [3.63, 3.8) is 0 Å². The molecule has 0 spiro atoms. The summed E-state index contributed by atoms with van der Waals surface area (Å²) in [5.74, 6) is 0.592. The van der Waals surface area contributed by atoms with Gasteiger partial charge in [-0.3, -0.25) is 9.36 Å². The number of nitrogens with zero attached hydrogens (tertiary/aromatic N) is 3. The molecule has 0 fully saturated rings. The van der Waals surface area contributed by atoms with Crippen molar-refractivity contribution < 1.29 is 22.7 Å². The first-order valence-corrected chi connectivity index (χ1v) is 12.0. The van der Waals surface area contributed by atoms with Crippen LogP contribution in [-0.2, 0) is 11.0 Å². The molecule has 186 valence electrons. The molecule has 3 aromatic carbocycles. The highest BCUT2D eigenvalue weighted by atomic mass is 35.5. The molecule has 0 saturated heterocycles. The van der Waals surface area contributed by atoms with Gasteiger partial charge >= 0.3 is 6.18 Å². The third-order valence-electron chi connectivity index (χ3n) is 5.17. The lowest BCUT2D eigenvalue weighted by Gasteiger charge is -2.12.